The number of carbonyl (C=O) groups excluding carboxylic acids is 5. The standard InChI is InChI=1S/C26H31N3O10/c1-29(2)19-12-9-11-8-10-6-7-13(28-14(30)4-3-5-15(31)32)20(33)16(10)21(34)17(11)23(36)26(12,39)24(37)18(22(19)35)25(27)38/h6-7,11-12,17-19,22,33,35,39H,3-5,8-9H2,1-2H3,(H2,27,38)(H,28,30)(H,31,32)/t11-,12-,17?,18?,19-,22?,26-/m1/s1. The Morgan fingerprint density at radius 1 is 1.13 bits per heavy atom. The first-order chi connectivity index (χ1) is 18.2. The third-order valence-electron chi connectivity index (χ3n) is 8.23. The first kappa shape index (κ1) is 28.3. The van der Waals surface area contributed by atoms with Crippen molar-refractivity contribution in [2.24, 2.45) is 29.4 Å². The van der Waals surface area contributed by atoms with Crippen LogP contribution in [0.2, 0.25) is 0 Å². The van der Waals surface area contributed by atoms with Gasteiger partial charge in [-0.3, -0.25) is 28.8 Å². The number of hydrogen-bond donors (Lipinski definition) is 6. The molecule has 210 valence electrons. The molecule has 2 fully saturated rings. The highest BCUT2D eigenvalue weighted by molar-refractivity contribution is 6.25. The van der Waals surface area contributed by atoms with E-state index in [1.807, 2.05) is 0 Å². The van der Waals surface area contributed by atoms with Gasteiger partial charge in [0.1, 0.15) is 11.7 Å². The normalized spacial score (nSPS) is 31.8. The number of benzene rings is 1. The molecule has 7 atom stereocenters. The zero-order valence-corrected chi connectivity index (χ0v) is 21.4. The number of nitrogens with zero attached hydrogens (tertiary/aromatic N) is 1. The van der Waals surface area contributed by atoms with Crippen molar-refractivity contribution in [1.29, 1.82) is 0 Å². The van der Waals surface area contributed by atoms with Crippen LogP contribution in [-0.2, 0) is 30.4 Å². The summed E-state index contributed by atoms with van der Waals surface area (Å²) in [5.74, 6) is -11.8. The number of aliphatic carboxylic acids is 1. The van der Waals surface area contributed by atoms with Crippen molar-refractivity contribution in [1.82, 2.24) is 4.90 Å². The summed E-state index contributed by atoms with van der Waals surface area (Å²) in [4.78, 5) is 77.2. The van der Waals surface area contributed by atoms with Crippen LogP contribution in [0.25, 0.3) is 0 Å². The number of aliphatic hydroxyl groups is 2. The molecule has 13 nitrogen and oxygen atoms in total. The van der Waals surface area contributed by atoms with Crippen LogP contribution in [0.5, 0.6) is 5.75 Å². The van der Waals surface area contributed by atoms with E-state index in [0.717, 1.165) is 0 Å². The second-order valence-electron chi connectivity index (χ2n) is 10.8. The Hall–Kier alpha value is -3.68. The van der Waals surface area contributed by atoms with Gasteiger partial charge in [-0.25, -0.2) is 0 Å². The monoisotopic (exact) mass is 545 g/mol. The molecule has 13 heteroatoms. The predicted molar refractivity (Wildman–Crippen MR) is 132 cm³/mol. The van der Waals surface area contributed by atoms with Crippen molar-refractivity contribution >= 4 is 40.8 Å². The zero-order chi connectivity index (χ0) is 29.0. The van der Waals surface area contributed by atoms with Crippen LogP contribution in [0.15, 0.2) is 12.1 Å². The summed E-state index contributed by atoms with van der Waals surface area (Å²) in [6.45, 7) is 0. The molecule has 1 aromatic carbocycles. The first-order valence-electron chi connectivity index (χ1n) is 12.6. The van der Waals surface area contributed by atoms with Crippen LogP contribution in [-0.4, -0.2) is 92.3 Å². The van der Waals surface area contributed by atoms with E-state index in [9.17, 15) is 44.1 Å². The number of aromatic hydroxyl groups is 1. The van der Waals surface area contributed by atoms with Crippen molar-refractivity contribution in [2.45, 2.75) is 49.9 Å². The molecule has 39 heavy (non-hydrogen) atoms. The number of amides is 2. The topological polar surface area (TPSA) is 225 Å². The molecular formula is C26H31N3O10. The predicted octanol–water partition coefficient (Wildman–Crippen LogP) is -1.15. The van der Waals surface area contributed by atoms with E-state index in [1.54, 1.807) is 14.1 Å². The van der Waals surface area contributed by atoms with Crippen molar-refractivity contribution < 1.29 is 49.2 Å². The largest absolute Gasteiger partial charge is 0.505 e. The van der Waals surface area contributed by atoms with Crippen molar-refractivity contribution in [3.05, 3.63) is 23.3 Å². The van der Waals surface area contributed by atoms with E-state index >= 15 is 0 Å². The lowest BCUT2D eigenvalue weighted by atomic mass is 9.52. The number of carboxylic acid groups (broad SMARTS) is 1. The molecule has 0 aliphatic heterocycles. The van der Waals surface area contributed by atoms with Gasteiger partial charge in [-0.15, -0.1) is 0 Å². The SMILES string of the molecule is CN(C)[C@H]1C(O)C(C(N)=O)C(=O)[C@]2(O)C(=O)C3C(=O)c4c(ccc(NC(=O)CCCC(=O)O)c4O)C[C@@H]3C[C@H]12. The van der Waals surface area contributed by atoms with E-state index in [1.165, 1.54) is 17.0 Å². The fourth-order valence-electron chi connectivity index (χ4n) is 6.51. The number of fused-ring (bicyclic) bond motifs is 3. The van der Waals surface area contributed by atoms with Gasteiger partial charge < -0.3 is 36.4 Å². The number of primary amides is 1. The van der Waals surface area contributed by atoms with E-state index < -0.39 is 82.3 Å². The number of phenols is 1. The van der Waals surface area contributed by atoms with E-state index in [4.69, 9.17) is 10.8 Å². The number of carbonyl (C=O) groups is 6. The lowest BCUT2D eigenvalue weighted by Gasteiger charge is -2.54. The average Bonchev–Trinajstić information content (AvgIpc) is 2.82. The third kappa shape index (κ3) is 4.49. The maximum Gasteiger partial charge on any atom is 0.303 e. The molecule has 0 heterocycles. The lowest BCUT2D eigenvalue weighted by molar-refractivity contribution is -0.190. The van der Waals surface area contributed by atoms with Gasteiger partial charge in [-0.05, 0) is 50.9 Å². The molecule has 3 aliphatic carbocycles. The maximum atomic E-state index is 13.8. The van der Waals surface area contributed by atoms with Gasteiger partial charge in [0.2, 0.25) is 11.8 Å². The second-order valence-corrected chi connectivity index (χ2v) is 10.8. The maximum absolute atomic E-state index is 13.8. The minimum absolute atomic E-state index is 0.00194. The number of Topliss-reactive ketones (excluding diaryl/α,β-unsaturated/α-hetero) is 3. The van der Waals surface area contributed by atoms with Crippen LogP contribution in [0.3, 0.4) is 0 Å². The Balaban J connectivity index is 1.69. The van der Waals surface area contributed by atoms with Gasteiger partial charge in [-0.2, -0.15) is 0 Å². The van der Waals surface area contributed by atoms with Gasteiger partial charge in [0.05, 0.1) is 23.3 Å². The summed E-state index contributed by atoms with van der Waals surface area (Å²) in [5.41, 5.74) is 2.66. The molecule has 2 saturated carbocycles. The molecule has 4 rings (SSSR count). The van der Waals surface area contributed by atoms with Crippen LogP contribution < -0.4 is 11.1 Å². The van der Waals surface area contributed by atoms with E-state index in [2.05, 4.69) is 5.32 Å². The van der Waals surface area contributed by atoms with Crippen LogP contribution >= 0.6 is 0 Å². The molecule has 0 spiro atoms. The minimum Gasteiger partial charge on any atom is -0.505 e. The van der Waals surface area contributed by atoms with Gasteiger partial charge in [0.25, 0.3) is 0 Å². The highest BCUT2D eigenvalue weighted by Crippen LogP contribution is 2.51. The Labute approximate surface area is 223 Å². The van der Waals surface area contributed by atoms with Crippen LogP contribution in [0.4, 0.5) is 5.69 Å². The number of phenolic OH excluding ortho intramolecular Hbond substituents is 1. The number of aliphatic hydroxyl groups excluding tert-OH is 1. The molecule has 0 saturated heterocycles. The Bertz CT molecular complexity index is 1280. The zero-order valence-electron chi connectivity index (χ0n) is 21.4. The molecule has 0 radical (unpaired) electrons. The Morgan fingerprint density at radius 3 is 2.38 bits per heavy atom. The van der Waals surface area contributed by atoms with Gasteiger partial charge >= 0.3 is 5.97 Å². The number of ketones is 3. The minimum atomic E-state index is -2.76. The number of hydrogen-bond acceptors (Lipinski definition) is 10. The molecule has 0 bridgehead atoms. The summed E-state index contributed by atoms with van der Waals surface area (Å²) >= 11 is 0. The van der Waals surface area contributed by atoms with Gasteiger partial charge in [-0.1, -0.05) is 6.07 Å². The molecule has 2 amide bonds. The Kier molecular flexibility index (Phi) is 7.36. The molecule has 7 N–H and O–H groups in total. The highest BCUT2D eigenvalue weighted by atomic mass is 16.4. The summed E-state index contributed by atoms with van der Waals surface area (Å²) in [7, 11) is 3.13. The number of rotatable bonds is 7. The Morgan fingerprint density at radius 2 is 1.79 bits per heavy atom. The van der Waals surface area contributed by atoms with Crippen molar-refractivity contribution in [2.75, 3.05) is 19.4 Å². The number of nitrogens with two attached hydrogens (primary N) is 1. The van der Waals surface area contributed by atoms with Crippen LogP contribution in [0, 0.1) is 23.7 Å². The van der Waals surface area contributed by atoms with E-state index in [-0.39, 0.29) is 43.4 Å². The van der Waals surface area contributed by atoms with Crippen molar-refractivity contribution in [3.8, 4) is 5.75 Å². The summed E-state index contributed by atoms with van der Waals surface area (Å²) in [6, 6.07) is 1.93. The van der Waals surface area contributed by atoms with Gasteiger partial charge in [0.15, 0.2) is 23.0 Å². The first-order valence-corrected chi connectivity index (χ1v) is 12.6. The molecule has 1 aromatic rings. The summed E-state index contributed by atoms with van der Waals surface area (Å²) < 4.78 is 0. The lowest BCUT2D eigenvalue weighted by Crippen LogP contribution is -2.75. The van der Waals surface area contributed by atoms with E-state index in [0.29, 0.717) is 5.56 Å². The summed E-state index contributed by atoms with van der Waals surface area (Å²) in [6.07, 6.45) is -1.75. The molecule has 3 unspecified atom stereocenters. The van der Waals surface area contributed by atoms with Gasteiger partial charge in [0, 0.05) is 24.8 Å². The molecule has 3 aliphatic rings. The highest BCUT2D eigenvalue weighted by Gasteiger charge is 2.69. The number of likely N-dealkylation sites (N-methyl/N-ethyl adjacent to an activating group) is 1. The van der Waals surface area contributed by atoms with Crippen LogP contribution in [0.1, 0.15) is 41.6 Å². The number of anilines is 1. The third-order valence-corrected chi connectivity index (χ3v) is 8.23. The number of nitrogens with one attached hydrogen (secondary N) is 1. The molecular weight excluding hydrogens is 514 g/mol. The fourth-order valence-corrected chi connectivity index (χ4v) is 6.51. The van der Waals surface area contributed by atoms with Crippen molar-refractivity contribution in [3.63, 3.8) is 0 Å². The summed E-state index contributed by atoms with van der Waals surface area (Å²) in [5, 5.41) is 44.5. The average molecular weight is 546 g/mol. The molecule has 0 aromatic heterocycles. The second kappa shape index (κ2) is 10.1. The number of carboxylic acids is 1. The smallest absolute Gasteiger partial charge is 0.303 e. The fraction of sp³-hybridized carbons (Fsp3) is 0.538. The quantitative estimate of drug-likeness (QED) is 0.177.